The summed E-state index contributed by atoms with van der Waals surface area (Å²) in [6.45, 7) is 4.06. The minimum Gasteiger partial charge on any atom is -0.380 e. The minimum absolute atomic E-state index is 0.0552. The molecule has 1 fully saturated rings. The van der Waals surface area contributed by atoms with E-state index < -0.39 is 6.43 Å². The van der Waals surface area contributed by atoms with Gasteiger partial charge in [-0.25, -0.2) is 8.78 Å². The number of hydrogen-bond donors (Lipinski definition) is 2. The van der Waals surface area contributed by atoms with Crippen LogP contribution in [-0.4, -0.2) is 76.3 Å². The van der Waals surface area contributed by atoms with Gasteiger partial charge in [0.1, 0.15) is 0 Å². The summed E-state index contributed by atoms with van der Waals surface area (Å²) >= 11 is 0. The predicted octanol–water partition coefficient (Wildman–Crippen LogP) is 4.40. The number of nitrogens with one attached hydrogen (secondary N) is 2. The number of aromatic amines is 1. The largest absolute Gasteiger partial charge is 0.380 e. The zero-order valence-corrected chi connectivity index (χ0v) is 19.4. The summed E-state index contributed by atoms with van der Waals surface area (Å²) in [5.41, 5.74) is 4.79. The predicted molar refractivity (Wildman–Crippen MR) is 127 cm³/mol. The number of anilines is 1. The van der Waals surface area contributed by atoms with Crippen LogP contribution >= 0.6 is 0 Å². The number of likely N-dealkylation sites (tertiary alicyclic amines) is 1. The molecule has 2 aromatic heterocycles. The van der Waals surface area contributed by atoms with Crippen LogP contribution in [0.2, 0.25) is 0 Å². The molecule has 0 spiro atoms. The van der Waals surface area contributed by atoms with Gasteiger partial charge < -0.3 is 10.2 Å². The molecule has 2 aliphatic heterocycles. The SMILES string of the molecule is C[C@@H]1Cc2c(ccc3[nH]ncc23)[C@@H](c2ccc(NC3CCN(CCCF)C3)cn2)N1CC(F)F. The van der Waals surface area contributed by atoms with Crippen molar-refractivity contribution in [2.45, 2.75) is 50.7 Å². The highest BCUT2D eigenvalue weighted by Crippen LogP contribution is 2.40. The lowest BCUT2D eigenvalue weighted by Gasteiger charge is -2.41. The van der Waals surface area contributed by atoms with Gasteiger partial charge in [-0.3, -0.25) is 19.4 Å². The first-order chi connectivity index (χ1) is 16.5. The van der Waals surface area contributed by atoms with Crippen molar-refractivity contribution in [3.05, 3.63) is 53.5 Å². The standard InChI is InChI=1S/C25H31F3N6/c1-16-11-20-19(4-6-22-21(20)13-30-32-22)25(34(16)15-24(27)28)23-5-3-17(12-29-23)31-18-7-10-33(14-18)9-2-8-26/h3-6,12-13,16,18,24-25,31H,2,7-11,14-15H2,1H3,(H,30,32)/t16-,18?,25+/m1/s1. The maximum Gasteiger partial charge on any atom is 0.251 e. The summed E-state index contributed by atoms with van der Waals surface area (Å²) in [6.07, 6.45) is 3.47. The Morgan fingerprint density at radius 1 is 1.21 bits per heavy atom. The maximum absolute atomic E-state index is 13.5. The Balaban J connectivity index is 1.39. The quantitative estimate of drug-likeness (QED) is 0.509. The number of H-pyrrole nitrogens is 1. The highest BCUT2D eigenvalue weighted by molar-refractivity contribution is 5.83. The van der Waals surface area contributed by atoms with E-state index in [4.69, 9.17) is 4.98 Å². The average molecular weight is 473 g/mol. The molecule has 1 aromatic carbocycles. The summed E-state index contributed by atoms with van der Waals surface area (Å²) < 4.78 is 39.6. The lowest BCUT2D eigenvalue weighted by atomic mass is 9.85. The van der Waals surface area contributed by atoms with Crippen LogP contribution in [0.4, 0.5) is 18.9 Å². The van der Waals surface area contributed by atoms with Crippen molar-refractivity contribution in [2.24, 2.45) is 0 Å². The highest BCUT2D eigenvalue weighted by Gasteiger charge is 2.36. The lowest BCUT2D eigenvalue weighted by molar-refractivity contribution is 0.0456. The Kier molecular flexibility index (Phi) is 6.74. The second-order valence-electron chi connectivity index (χ2n) is 9.45. The fraction of sp³-hybridized carbons (Fsp3) is 0.520. The van der Waals surface area contributed by atoms with Crippen molar-refractivity contribution in [3.63, 3.8) is 0 Å². The second-order valence-corrected chi connectivity index (χ2v) is 9.45. The zero-order valence-electron chi connectivity index (χ0n) is 19.4. The van der Waals surface area contributed by atoms with E-state index in [0.717, 1.165) is 59.5 Å². The summed E-state index contributed by atoms with van der Waals surface area (Å²) in [6, 6.07) is 7.82. The van der Waals surface area contributed by atoms with E-state index in [1.807, 2.05) is 42.3 Å². The van der Waals surface area contributed by atoms with Gasteiger partial charge in [-0.1, -0.05) is 6.07 Å². The Labute approximate surface area is 197 Å². The average Bonchev–Trinajstić information content (AvgIpc) is 3.48. The van der Waals surface area contributed by atoms with Crippen LogP contribution in [0.3, 0.4) is 0 Å². The molecule has 1 saturated heterocycles. The molecule has 0 aliphatic carbocycles. The zero-order chi connectivity index (χ0) is 23.7. The van der Waals surface area contributed by atoms with Gasteiger partial charge in [0.15, 0.2) is 0 Å². The van der Waals surface area contributed by atoms with Gasteiger partial charge in [0.2, 0.25) is 0 Å². The Morgan fingerprint density at radius 2 is 2.09 bits per heavy atom. The van der Waals surface area contributed by atoms with Crippen LogP contribution in [0.15, 0.2) is 36.7 Å². The minimum atomic E-state index is -2.42. The number of fused-ring (bicyclic) bond motifs is 3. The van der Waals surface area contributed by atoms with Gasteiger partial charge >= 0.3 is 0 Å². The van der Waals surface area contributed by atoms with Gasteiger partial charge in [-0.05, 0) is 55.5 Å². The third kappa shape index (κ3) is 4.63. The van der Waals surface area contributed by atoms with E-state index in [2.05, 4.69) is 20.4 Å². The molecule has 2 aliphatic rings. The number of nitrogens with zero attached hydrogens (tertiary/aromatic N) is 4. The van der Waals surface area contributed by atoms with E-state index >= 15 is 0 Å². The number of rotatable bonds is 8. The van der Waals surface area contributed by atoms with Crippen molar-refractivity contribution in [2.75, 3.05) is 38.2 Å². The monoisotopic (exact) mass is 472 g/mol. The van der Waals surface area contributed by atoms with Crippen LogP contribution in [0.5, 0.6) is 0 Å². The van der Waals surface area contributed by atoms with Gasteiger partial charge in [0, 0.05) is 37.1 Å². The third-order valence-electron chi connectivity index (χ3n) is 7.13. The maximum atomic E-state index is 13.5. The van der Waals surface area contributed by atoms with Gasteiger partial charge in [-0.2, -0.15) is 5.10 Å². The van der Waals surface area contributed by atoms with E-state index in [9.17, 15) is 13.2 Å². The summed E-state index contributed by atoms with van der Waals surface area (Å²) in [7, 11) is 0. The molecule has 1 unspecified atom stereocenters. The first-order valence-corrected chi connectivity index (χ1v) is 12.0. The molecule has 34 heavy (non-hydrogen) atoms. The van der Waals surface area contributed by atoms with Gasteiger partial charge in [0.25, 0.3) is 6.43 Å². The topological polar surface area (TPSA) is 60.1 Å². The second kappa shape index (κ2) is 9.92. The normalized spacial score (nSPS) is 23.6. The molecule has 2 N–H and O–H groups in total. The molecule has 0 radical (unpaired) electrons. The van der Waals surface area contributed by atoms with Crippen molar-refractivity contribution in [1.82, 2.24) is 25.0 Å². The Hall–Kier alpha value is -2.65. The van der Waals surface area contributed by atoms with Crippen molar-refractivity contribution < 1.29 is 13.2 Å². The van der Waals surface area contributed by atoms with E-state index in [1.54, 1.807) is 6.20 Å². The molecule has 3 aromatic rings. The molecular weight excluding hydrogens is 441 g/mol. The van der Waals surface area contributed by atoms with Crippen LogP contribution < -0.4 is 5.32 Å². The Bertz CT molecular complexity index is 1100. The van der Waals surface area contributed by atoms with E-state index in [-0.39, 0.29) is 25.3 Å². The number of halogens is 3. The fourth-order valence-electron chi connectivity index (χ4n) is 5.52. The van der Waals surface area contributed by atoms with Crippen LogP contribution in [-0.2, 0) is 6.42 Å². The molecular formula is C25H31F3N6. The third-order valence-corrected chi connectivity index (χ3v) is 7.13. The van der Waals surface area contributed by atoms with E-state index in [0.29, 0.717) is 18.9 Å². The molecule has 0 saturated carbocycles. The van der Waals surface area contributed by atoms with Gasteiger partial charge in [0.05, 0.1) is 48.6 Å². The molecule has 0 bridgehead atoms. The van der Waals surface area contributed by atoms with Crippen LogP contribution in [0, 0.1) is 0 Å². The van der Waals surface area contributed by atoms with Crippen molar-refractivity contribution in [3.8, 4) is 0 Å². The van der Waals surface area contributed by atoms with Crippen LogP contribution in [0.1, 0.15) is 42.6 Å². The number of alkyl halides is 3. The smallest absolute Gasteiger partial charge is 0.251 e. The highest BCUT2D eigenvalue weighted by atomic mass is 19.3. The first kappa shape index (κ1) is 23.1. The molecule has 182 valence electrons. The summed E-state index contributed by atoms with van der Waals surface area (Å²) in [4.78, 5) is 8.88. The van der Waals surface area contributed by atoms with Crippen LogP contribution in [0.25, 0.3) is 10.9 Å². The number of hydrogen-bond acceptors (Lipinski definition) is 5. The molecule has 9 heteroatoms. The van der Waals surface area contributed by atoms with Gasteiger partial charge in [-0.15, -0.1) is 0 Å². The number of aromatic nitrogens is 3. The molecule has 5 rings (SSSR count). The fourth-order valence-corrected chi connectivity index (χ4v) is 5.52. The molecule has 0 amide bonds. The molecule has 4 heterocycles. The lowest BCUT2D eigenvalue weighted by Crippen LogP contribution is -2.45. The van der Waals surface area contributed by atoms with Crippen molar-refractivity contribution in [1.29, 1.82) is 0 Å². The molecule has 6 nitrogen and oxygen atoms in total. The van der Waals surface area contributed by atoms with Crippen molar-refractivity contribution >= 4 is 16.6 Å². The Morgan fingerprint density at radius 3 is 2.85 bits per heavy atom. The summed E-state index contributed by atoms with van der Waals surface area (Å²) in [5.74, 6) is 0. The molecule has 3 atom stereocenters. The number of benzene rings is 1. The summed E-state index contributed by atoms with van der Waals surface area (Å²) in [5, 5.41) is 11.8. The van der Waals surface area contributed by atoms with E-state index in [1.165, 1.54) is 0 Å². The first-order valence-electron chi connectivity index (χ1n) is 12.0. The number of pyridine rings is 1.